The van der Waals surface area contributed by atoms with E-state index in [1.54, 1.807) is 0 Å². The molecule has 4 heteroatoms. The molecular formula is C18H29N3S. The summed E-state index contributed by atoms with van der Waals surface area (Å²) in [5, 5.41) is 7.29. The Kier molecular flexibility index (Phi) is 6.65. The Morgan fingerprint density at radius 1 is 1.27 bits per heavy atom. The van der Waals surface area contributed by atoms with Gasteiger partial charge in [0.15, 0.2) is 5.11 Å². The fraction of sp³-hybridized carbons (Fsp3) is 0.611. The molecule has 0 radical (unpaired) electrons. The zero-order valence-electron chi connectivity index (χ0n) is 14.1. The second-order valence-electron chi connectivity index (χ2n) is 6.41. The van der Waals surface area contributed by atoms with Crippen molar-refractivity contribution in [2.75, 3.05) is 25.0 Å². The van der Waals surface area contributed by atoms with Gasteiger partial charge in [0.2, 0.25) is 0 Å². The maximum atomic E-state index is 5.37. The molecule has 3 nitrogen and oxygen atoms in total. The number of nitrogens with zero attached hydrogens (tertiary/aromatic N) is 1. The van der Waals surface area contributed by atoms with Gasteiger partial charge in [-0.15, -0.1) is 0 Å². The van der Waals surface area contributed by atoms with Gasteiger partial charge >= 0.3 is 0 Å². The fourth-order valence-electron chi connectivity index (χ4n) is 2.97. The van der Waals surface area contributed by atoms with Crippen LogP contribution in [0.2, 0.25) is 0 Å². The van der Waals surface area contributed by atoms with Gasteiger partial charge in [-0.3, -0.25) is 0 Å². The van der Waals surface area contributed by atoms with Gasteiger partial charge in [0, 0.05) is 24.8 Å². The molecule has 0 unspecified atom stereocenters. The highest BCUT2D eigenvalue weighted by molar-refractivity contribution is 7.80. The van der Waals surface area contributed by atoms with Crippen LogP contribution in [0.15, 0.2) is 18.2 Å². The molecule has 1 aromatic rings. The summed E-state index contributed by atoms with van der Waals surface area (Å²) in [6.07, 6.45) is 5.23. The first-order chi connectivity index (χ1) is 10.6. The van der Waals surface area contributed by atoms with E-state index in [1.165, 1.54) is 43.5 Å². The Morgan fingerprint density at radius 2 is 2.09 bits per heavy atom. The minimum Gasteiger partial charge on any atom is -0.362 e. The molecular weight excluding hydrogens is 290 g/mol. The van der Waals surface area contributed by atoms with E-state index < -0.39 is 0 Å². The zero-order chi connectivity index (χ0) is 15.9. The lowest BCUT2D eigenvalue weighted by atomic mass is 10.0. The Bertz CT molecular complexity index is 501. The average molecular weight is 320 g/mol. The zero-order valence-corrected chi connectivity index (χ0v) is 14.9. The van der Waals surface area contributed by atoms with Gasteiger partial charge in [-0.1, -0.05) is 12.5 Å². The molecule has 0 amide bonds. The third-order valence-corrected chi connectivity index (χ3v) is 4.86. The maximum absolute atomic E-state index is 5.37. The van der Waals surface area contributed by atoms with Crippen LogP contribution in [0.4, 0.5) is 5.69 Å². The van der Waals surface area contributed by atoms with Crippen LogP contribution in [0.25, 0.3) is 0 Å². The smallest absolute Gasteiger partial charge is 0.170 e. The van der Waals surface area contributed by atoms with Crippen molar-refractivity contribution in [1.29, 1.82) is 0 Å². The minimum absolute atomic E-state index is 0.718. The number of likely N-dealkylation sites (tertiary alicyclic amines) is 1. The lowest BCUT2D eigenvalue weighted by Gasteiger charge is -2.33. The largest absolute Gasteiger partial charge is 0.362 e. The summed E-state index contributed by atoms with van der Waals surface area (Å²) in [7, 11) is 0. The van der Waals surface area contributed by atoms with Crippen molar-refractivity contribution >= 4 is 23.0 Å². The molecule has 1 saturated heterocycles. The molecule has 2 rings (SSSR count). The molecule has 1 aliphatic rings. The Balaban J connectivity index is 1.66. The summed E-state index contributed by atoms with van der Waals surface area (Å²) >= 11 is 5.37. The highest BCUT2D eigenvalue weighted by atomic mass is 32.1. The lowest BCUT2D eigenvalue weighted by Crippen LogP contribution is -2.39. The van der Waals surface area contributed by atoms with Crippen LogP contribution in [0.1, 0.15) is 43.7 Å². The molecule has 1 fully saturated rings. The average Bonchev–Trinajstić information content (AvgIpc) is 2.49. The summed E-state index contributed by atoms with van der Waals surface area (Å²) in [5.74, 6) is 0. The topological polar surface area (TPSA) is 27.3 Å². The quantitative estimate of drug-likeness (QED) is 0.637. The van der Waals surface area contributed by atoms with Gasteiger partial charge in [-0.2, -0.15) is 0 Å². The van der Waals surface area contributed by atoms with Gasteiger partial charge in [-0.05, 0) is 82.1 Å². The summed E-state index contributed by atoms with van der Waals surface area (Å²) in [5.41, 5.74) is 3.65. The minimum atomic E-state index is 0.718. The van der Waals surface area contributed by atoms with Crippen molar-refractivity contribution in [2.45, 2.75) is 52.5 Å². The van der Waals surface area contributed by atoms with E-state index >= 15 is 0 Å². The first-order valence-electron chi connectivity index (χ1n) is 8.42. The molecule has 0 bridgehead atoms. The van der Waals surface area contributed by atoms with E-state index in [-0.39, 0.29) is 0 Å². The monoisotopic (exact) mass is 319 g/mol. The van der Waals surface area contributed by atoms with Crippen molar-refractivity contribution in [3.63, 3.8) is 0 Å². The van der Waals surface area contributed by atoms with Gasteiger partial charge < -0.3 is 15.5 Å². The maximum Gasteiger partial charge on any atom is 0.170 e. The third-order valence-electron chi connectivity index (χ3n) is 4.61. The van der Waals surface area contributed by atoms with Crippen LogP contribution >= 0.6 is 12.2 Å². The second-order valence-corrected chi connectivity index (χ2v) is 6.82. The number of nitrogens with one attached hydrogen (secondary N) is 2. The molecule has 22 heavy (non-hydrogen) atoms. The number of hydrogen-bond donors (Lipinski definition) is 2. The van der Waals surface area contributed by atoms with Crippen LogP contribution < -0.4 is 10.6 Å². The van der Waals surface area contributed by atoms with Gasteiger partial charge in [0.05, 0.1) is 0 Å². The molecule has 0 aromatic heterocycles. The number of rotatable bonds is 5. The van der Waals surface area contributed by atoms with Crippen molar-refractivity contribution in [1.82, 2.24) is 10.2 Å². The van der Waals surface area contributed by atoms with Gasteiger partial charge in [0.25, 0.3) is 0 Å². The standard InChI is InChI=1S/C18H29N3S/c1-14-8-9-17(13-15(14)2)20-18(22)19-10-6-12-21-11-5-4-7-16(21)3/h8-9,13,16H,4-7,10-12H2,1-3H3,(H2,19,20,22)/t16-/m1/s1. The first kappa shape index (κ1) is 17.2. The fourth-order valence-corrected chi connectivity index (χ4v) is 3.19. The molecule has 0 spiro atoms. The van der Waals surface area contributed by atoms with Crippen LogP contribution in [0, 0.1) is 13.8 Å². The van der Waals surface area contributed by atoms with Crippen LogP contribution in [-0.2, 0) is 0 Å². The number of anilines is 1. The van der Waals surface area contributed by atoms with Gasteiger partial charge in [-0.25, -0.2) is 0 Å². The Morgan fingerprint density at radius 3 is 2.82 bits per heavy atom. The Hall–Kier alpha value is -1.13. The molecule has 2 N–H and O–H groups in total. The SMILES string of the molecule is Cc1ccc(NC(=S)NCCCN2CCCC[C@H]2C)cc1C. The third kappa shape index (κ3) is 5.25. The molecule has 1 atom stereocenters. The predicted octanol–water partition coefficient (Wildman–Crippen LogP) is 3.85. The summed E-state index contributed by atoms with van der Waals surface area (Å²) in [4.78, 5) is 2.60. The normalized spacial score (nSPS) is 19.0. The number of thiocarbonyl (C=S) groups is 1. The second kappa shape index (κ2) is 8.49. The van der Waals surface area contributed by atoms with E-state index in [9.17, 15) is 0 Å². The number of piperidine rings is 1. The summed E-state index contributed by atoms with van der Waals surface area (Å²) in [6.45, 7) is 9.94. The molecule has 122 valence electrons. The predicted molar refractivity (Wildman–Crippen MR) is 99.6 cm³/mol. The molecule has 0 aliphatic carbocycles. The highest BCUT2D eigenvalue weighted by Gasteiger charge is 2.16. The van der Waals surface area contributed by atoms with Crippen molar-refractivity contribution < 1.29 is 0 Å². The van der Waals surface area contributed by atoms with Crippen molar-refractivity contribution in [3.8, 4) is 0 Å². The van der Waals surface area contributed by atoms with E-state index in [0.29, 0.717) is 0 Å². The summed E-state index contributed by atoms with van der Waals surface area (Å²) < 4.78 is 0. The summed E-state index contributed by atoms with van der Waals surface area (Å²) in [6, 6.07) is 7.08. The number of aryl methyl sites for hydroxylation is 2. The Labute approximate surface area is 140 Å². The number of hydrogen-bond acceptors (Lipinski definition) is 2. The van der Waals surface area contributed by atoms with Crippen molar-refractivity contribution in [3.05, 3.63) is 29.3 Å². The van der Waals surface area contributed by atoms with Crippen LogP contribution in [0.5, 0.6) is 0 Å². The van der Waals surface area contributed by atoms with E-state index in [0.717, 1.165) is 29.8 Å². The molecule has 0 saturated carbocycles. The molecule has 1 aromatic carbocycles. The van der Waals surface area contributed by atoms with E-state index in [4.69, 9.17) is 12.2 Å². The highest BCUT2D eigenvalue weighted by Crippen LogP contribution is 2.16. The van der Waals surface area contributed by atoms with Gasteiger partial charge in [0.1, 0.15) is 0 Å². The first-order valence-corrected chi connectivity index (χ1v) is 8.83. The van der Waals surface area contributed by atoms with Crippen LogP contribution in [-0.4, -0.2) is 35.7 Å². The van der Waals surface area contributed by atoms with Crippen molar-refractivity contribution in [2.24, 2.45) is 0 Å². The molecule has 1 heterocycles. The number of benzene rings is 1. The molecule has 1 aliphatic heterocycles. The van der Waals surface area contributed by atoms with Crippen LogP contribution in [0.3, 0.4) is 0 Å². The lowest BCUT2D eigenvalue weighted by molar-refractivity contribution is 0.159. The van der Waals surface area contributed by atoms with E-state index in [1.807, 2.05) is 0 Å². The van der Waals surface area contributed by atoms with E-state index in [2.05, 4.69) is 54.5 Å².